The van der Waals surface area contributed by atoms with Crippen LogP contribution in [0.4, 0.5) is 0 Å². The largest absolute Gasteiger partial charge is 0.357 e. The van der Waals surface area contributed by atoms with Crippen molar-refractivity contribution in [2.24, 2.45) is 4.99 Å². The number of thioether (sulfide) groups is 1. The van der Waals surface area contributed by atoms with Crippen LogP contribution in [0.2, 0.25) is 0 Å². The van der Waals surface area contributed by atoms with E-state index in [1.54, 1.807) is 0 Å². The molecule has 118 valence electrons. The molecule has 0 bridgehead atoms. The van der Waals surface area contributed by atoms with Crippen LogP contribution in [0.3, 0.4) is 0 Å². The molecule has 0 saturated carbocycles. The molecular weight excluding hydrogens is 268 g/mol. The highest BCUT2D eigenvalue weighted by Crippen LogP contribution is 2.12. The summed E-state index contributed by atoms with van der Waals surface area (Å²) in [7, 11) is 0. The van der Waals surface area contributed by atoms with E-state index >= 15 is 0 Å². The Hall–Kier alpha value is -0.420. The van der Waals surface area contributed by atoms with Crippen molar-refractivity contribution in [3.63, 3.8) is 0 Å². The maximum absolute atomic E-state index is 4.67. The maximum atomic E-state index is 4.67. The highest BCUT2D eigenvalue weighted by atomic mass is 32.2. The first kappa shape index (κ1) is 17.6. The summed E-state index contributed by atoms with van der Waals surface area (Å²) in [6.45, 7) is 10.9. The van der Waals surface area contributed by atoms with Crippen molar-refractivity contribution >= 4 is 17.7 Å². The number of guanidine groups is 1. The first-order valence-corrected chi connectivity index (χ1v) is 9.34. The Morgan fingerprint density at radius 3 is 2.60 bits per heavy atom. The molecule has 1 rings (SSSR count). The van der Waals surface area contributed by atoms with Crippen LogP contribution >= 0.6 is 11.8 Å². The number of hydrogen-bond donors (Lipinski definition) is 2. The average Bonchev–Trinajstić information content (AvgIpc) is 2.44. The number of rotatable bonds is 7. The van der Waals surface area contributed by atoms with Crippen LogP contribution in [-0.4, -0.2) is 61.1 Å². The van der Waals surface area contributed by atoms with Gasteiger partial charge in [-0.2, -0.15) is 11.8 Å². The zero-order valence-electron chi connectivity index (χ0n) is 13.6. The van der Waals surface area contributed by atoms with Crippen LogP contribution in [0.5, 0.6) is 0 Å². The van der Waals surface area contributed by atoms with Gasteiger partial charge in [-0.25, -0.2) is 0 Å². The molecule has 1 fully saturated rings. The van der Waals surface area contributed by atoms with Gasteiger partial charge in [-0.3, -0.25) is 4.99 Å². The van der Waals surface area contributed by atoms with Gasteiger partial charge in [0.2, 0.25) is 0 Å². The molecule has 0 aliphatic carbocycles. The van der Waals surface area contributed by atoms with E-state index in [4.69, 9.17) is 0 Å². The molecular formula is C15H32N4S. The molecule has 0 amide bonds. The summed E-state index contributed by atoms with van der Waals surface area (Å²) in [5, 5.41) is 6.96. The third-order valence-electron chi connectivity index (χ3n) is 3.72. The summed E-state index contributed by atoms with van der Waals surface area (Å²) < 4.78 is 0. The number of nitrogens with zero attached hydrogens (tertiary/aromatic N) is 2. The van der Waals surface area contributed by atoms with E-state index in [1.807, 2.05) is 11.8 Å². The van der Waals surface area contributed by atoms with Crippen LogP contribution in [0.1, 0.15) is 40.0 Å². The van der Waals surface area contributed by atoms with Crippen molar-refractivity contribution in [1.82, 2.24) is 15.5 Å². The van der Waals surface area contributed by atoms with Crippen molar-refractivity contribution < 1.29 is 0 Å². The first-order chi connectivity index (χ1) is 9.67. The van der Waals surface area contributed by atoms with Crippen LogP contribution in [0.15, 0.2) is 4.99 Å². The van der Waals surface area contributed by atoms with E-state index in [9.17, 15) is 0 Å². The topological polar surface area (TPSA) is 39.7 Å². The zero-order chi connectivity index (χ0) is 14.8. The lowest BCUT2D eigenvalue weighted by Gasteiger charge is -2.35. The summed E-state index contributed by atoms with van der Waals surface area (Å²) >= 11 is 1.89. The third-order valence-corrected chi connectivity index (χ3v) is 4.42. The number of nitrogens with one attached hydrogen (secondary N) is 2. The molecule has 1 saturated heterocycles. The second kappa shape index (κ2) is 10.3. The summed E-state index contributed by atoms with van der Waals surface area (Å²) in [6.07, 6.45) is 5.74. The number of aliphatic imine (C=N–C) groups is 1. The Labute approximate surface area is 129 Å². The van der Waals surface area contributed by atoms with Gasteiger partial charge in [0.25, 0.3) is 0 Å². The average molecular weight is 301 g/mol. The quantitative estimate of drug-likeness (QED) is 0.429. The highest BCUT2D eigenvalue weighted by molar-refractivity contribution is 7.98. The Morgan fingerprint density at radius 2 is 2.05 bits per heavy atom. The number of hydrogen-bond acceptors (Lipinski definition) is 3. The Balaban J connectivity index is 2.34. The van der Waals surface area contributed by atoms with Crippen molar-refractivity contribution in [2.75, 3.05) is 38.2 Å². The second-order valence-corrected chi connectivity index (χ2v) is 6.64. The van der Waals surface area contributed by atoms with Gasteiger partial charge in [-0.1, -0.05) is 0 Å². The molecule has 1 aliphatic rings. The predicted molar refractivity (Wildman–Crippen MR) is 91.8 cm³/mol. The van der Waals surface area contributed by atoms with Crippen molar-refractivity contribution in [3.8, 4) is 0 Å². The Bertz CT molecular complexity index is 273. The van der Waals surface area contributed by atoms with Crippen LogP contribution < -0.4 is 10.6 Å². The summed E-state index contributed by atoms with van der Waals surface area (Å²) in [5.41, 5.74) is 0. The Morgan fingerprint density at radius 1 is 1.35 bits per heavy atom. The molecule has 0 spiro atoms. The van der Waals surface area contributed by atoms with E-state index < -0.39 is 0 Å². The maximum Gasteiger partial charge on any atom is 0.191 e. The molecule has 2 N–H and O–H groups in total. The van der Waals surface area contributed by atoms with Crippen LogP contribution in [0.25, 0.3) is 0 Å². The van der Waals surface area contributed by atoms with E-state index in [2.05, 4.69) is 47.6 Å². The zero-order valence-corrected chi connectivity index (χ0v) is 14.4. The monoisotopic (exact) mass is 300 g/mol. The van der Waals surface area contributed by atoms with E-state index in [0.29, 0.717) is 12.1 Å². The van der Waals surface area contributed by atoms with Crippen molar-refractivity contribution in [2.45, 2.75) is 52.1 Å². The van der Waals surface area contributed by atoms with Crippen molar-refractivity contribution in [1.29, 1.82) is 0 Å². The van der Waals surface area contributed by atoms with Crippen molar-refractivity contribution in [3.05, 3.63) is 0 Å². The standard InChI is InChI=1S/C15H32N4S/c1-5-16-15(17-9-6-12-20-4)18-14-7-10-19(11-8-14)13(2)3/h13-14H,5-12H2,1-4H3,(H2,16,17,18). The second-order valence-electron chi connectivity index (χ2n) is 5.66. The Kier molecular flexibility index (Phi) is 9.10. The fraction of sp³-hybridized carbons (Fsp3) is 0.933. The van der Waals surface area contributed by atoms with E-state index in [1.165, 1.54) is 31.7 Å². The lowest BCUT2D eigenvalue weighted by atomic mass is 10.0. The molecule has 20 heavy (non-hydrogen) atoms. The molecule has 0 aromatic rings. The lowest BCUT2D eigenvalue weighted by Crippen LogP contribution is -2.49. The third kappa shape index (κ3) is 6.84. The van der Waals surface area contributed by atoms with Gasteiger partial charge in [0.1, 0.15) is 0 Å². The van der Waals surface area contributed by atoms with E-state index in [-0.39, 0.29) is 0 Å². The number of likely N-dealkylation sites (tertiary alicyclic amines) is 1. The smallest absolute Gasteiger partial charge is 0.191 e. The fourth-order valence-corrected chi connectivity index (χ4v) is 2.89. The molecule has 5 heteroatoms. The number of piperidine rings is 1. The highest BCUT2D eigenvalue weighted by Gasteiger charge is 2.21. The van der Waals surface area contributed by atoms with E-state index in [0.717, 1.165) is 25.5 Å². The molecule has 0 aromatic heterocycles. The molecule has 0 unspecified atom stereocenters. The minimum Gasteiger partial charge on any atom is -0.357 e. The molecule has 4 nitrogen and oxygen atoms in total. The van der Waals surface area contributed by atoms with Crippen LogP contribution in [-0.2, 0) is 0 Å². The summed E-state index contributed by atoms with van der Waals surface area (Å²) in [6, 6.07) is 1.24. The molecule has 1 aliphatic heterocycles. The summed E-state index contributed by atoms with van der Waals surface area (Å²) in [5.74, 6) is 2.19. The van der Waals surface area contributed by atoms with Gasteiger partial charge in [-0.05, 0) is 52.0 Å². The van der Waals surface area contributed by atoms with Gasteiger partial charge in [0.05, 0.1) is 0 Å². The lowest BCUT2D eigenvalue weighted by molar-refractivity contribution is 0.167. The fourth-order valence-electron chi connectivity index (χ4n) is 2.47. The molecule has 0 radical (unpaired) electrons. The van der Waals surface area contributed by atoms with Crippen LogP contribution in [0, 0.1) is 0 Å². The van der Waals surface area contributed by atoms with Gasteiger partial charge in [-0.15, -0.1) is 0 Å². The van der Waals surface area contributed by atoms with Gasteiger partial charge >= 0.3 is 0 Å². The minimum atomic E-state index is 0.573. The predicted octanol–water partition coefficient (Wildman–Crippen LogP) is 2.17. The van der Waals surface area contributed by atoms with Gasteiger partial charge < -0.3 is 15.5 Å². The minimum absolute atomic E-state index is 0.573. The summed E-state index contributed by atoms with van der Waals surface area (Å²) in [4.78, 5) is 7.22. The molecule has 0 aromatic carbocycles. The van der Waals surface area contributed by atoms with Gasteiger partial charge in [0, 0.05) is 38.3 Å². The van der Waals surface area contributed by atoms with Gasteiger partial charge in [0.15, 0.2) is 5.96 Å². The molecule has 1 heterocycles. The molecule has 0 atom stereocenters. The first-order valence-electron chi connectivity index (χ1n) is 7.95. The normalized spacial score (nSPS) is 18.6. The SMILES string of the molecule is CCNC(=NCCCSC)NC1CCN(C(C)C)CC1.